The summed E-state index contributed by atoms with van der Waals surface area (Å²) in [5.41, 5.74) is 0. The zero-order valence-corrected chi connectivity index (χ0v) is 17.7. The molecule has 4 rings (SSSR count). The van der Waals surface area contributed by atoms with Crippen LogP contribution in [0.2, 0.25) is 0 Å². The van der Waals surface area contributed by atoms with Gasteiger partial charge in [0.2, 0.25) is 5.91 Å². The predicted octanol–water partition coefficient (Wildman–Crippen LogP) is 2.16. The van der Waals surface area contributed by atoms with E-state index in [0.717, 1.165) is 95.3 Å². The molecule has 160 valence electrons. The summed E-state index contributed by atoms with van der Waals surface area (Å²) in [6, 6.07) is 2.08. The zero-order chi connectivity index (χ0) is 20.2. The normalized spacial score (nSPS) is 24.8. The first kappa shape index (κ1) is 20.4. The van der Waals surface area contributed by atoms with E-state index in [9.17, 15) is 9.90 Å². The molecule has 1 aromatic rings. The lowest BCUT2D eigenvalue weighted by Crippen LogP contribution is -2.45. The van der Waals surface area contributed by atoms with Crippen molar-refractivity contribution in [1.82, 2.24) is 14.9 Å². The number of amides is 1. The van der Waals surface area contributed by atoms with Gasteiger partial charge in [0.25, 0.3) is 0 Å². The predicted molar refractivity (Wildman–Crippen MR) is 114 cm³/mol. The SMILES string of the molecule is CC1CCN(C(=O)C2CCN(c3cc(N4CCCC(CO)C4)ncn3)CC2)CC1. The summed E-state index contributed by atoms with van der Waals surface area (Å²) < 4.78 is 0. The van der Waals surface area contributed by atoms with Crippen molar-refractivity contribution in [3.05, 3.63) is 12.4 Å². The number of piperidine rings is 3. The molecular formula is C22H35N5O2. The Morgan fingerprint density at radius 1 is 1.00 bits per heavy atom. The van der Waals surface area contributed by atoms with Crippen LogP contribution >= 0.6 is 0 Å². The van der Waals surface area contributed by atoms with Crippen molar-refractivity contribution >= 4 is 17.5 Å². The molecule has 3 fully saturated rings. The lowest BCUT2D eigenvalue weighted by Gasteiger charge is -2.37. The molecule has 3 aliphatic rings. The van der Waals surface area contributed by atoms with Gasteiger partial charge in [0, 0.05) is 57.9 Å². The number of hydrogen-bond donors (Lipinski definition) is 1. The highest BCUT2D eigenvalue weighted by Crippen LogP contribution is 2.28. The van der Waals surface area contributed by atoms with Gasteiger partial charge >= 0.3 is 0 Å². The van der Waals surface area contributed by atoms with E-state index in [2.05, 4.69) is 37.7 Å². The van der Waals surface area contributed by atoms with Gasteiger partial charge in [-0.1, -0.05) is 6.92 Å². The first-order valence-corrected chi connectivity index (χ1v) is 11.4. The Kier molecular flexibility index (Phi) is 6.53. The zero-order valence-electron chi connectivity index (χ0n) is 17.7. The van der Waals surface area contributed by atoms with E-state index in [1.165, 1.54) is 0 Å². The summed E-state index contributed by atoms with van der Waals surface area (Å²) in [6.45, 7) is 7.97. The van der Waals surface area contributed by atoms with Gasteiger partial charge in [-0.3, -0.25) is 4.79 Å². The topological polar surface area (TPSA) is 72.8 Å². The molecule has 29 heavy (non-hydrogen) atoms. The molecule has 0 aliphatic carbocycles. The highest BCUT2D eigenvalue weighted by atomic mass is 16.3. The van der Waals surface area contributed by atoms with Crippen molar-refractivity contribution in [2.45, 2.75) is 45.4 Å². The minimum Gasteiger partial charge on any atom is -0.396 e. The lowest BCUT2D eigenvalue weighted by atomic mass is 9.92. The standard InChI is InChI=1S/C22H35N5O2/c1-17-4-9-26(10-5-17)22(29)19-6-11-25(12-7-19)20-13-21(24-16-23-20)27-8-2-3-18(14-27)15-28/h13,16-19,28H,2-12,14-15H2,1H3. The number of hydrogen-bond acceptors (Lipinski definition) is 6. The van der Waals surface area contributed by atoms with Crippen LogP contribution in [0.3, 0.4) is 0 Å². The molecule has 0 radical (unpaired) electrons. The number of nitrogens with zero attached hydrogens (tertiary/aromatic N) is 5. The summed E-state index contributed by atoms with van der Waals surface area (Å²) in [5, 5.41) is 9.49. The van der Waals surface area contributed by atoms with Gasteiger partial charge in [0.05, 0.1) is 0 Å². The van der Waals surface area contributed by atoms with Gasteiger partial charge < -0.3 is 19.8 Å². The number of anilines is 2. The van der Waals surface area contributed by atoms with Gasteiger partial charge in [-0.15, -0.1) is 0 Å². The molecule has 4 heterocycles. The molecule has 1 amide bonds. The maximum atomic E-state index is 12.9. The molecule has 7 nitrogen and oxygen atoms in total. The summed E-state index contributed by atoms with van der Waals surface area (Å²) >= 11 is 0. The molecule has 0 saturated carbocycles. The molecule has 0 bridgehead atoms. The highest BCUT2D eigenvalue weighted by molar-refractivity contribution is 5.79. The second kappa shape index (κ2) is 9.28. The molecule has 1 unspecified atom stereocenters. The second-order valence-corrected chi connectivity index (χ2v) is 9.14. The van der Waals surface area contributed by atoms with Crippen LogP contribution in [0.5, 0.6) is 0 Å². The van der Waals surface area contributed by atoms with Crippen LogP contribution < -0.4 is 9.80 Å². The minimum absolute atomic E-state index is 0.161. The van der Waals surface area contributed by atoms with E-state index in [1.807, 2.05) is 0 Å². The monoisotopic (exact) mass is 401 g/mol. The number of aliphatic hydroxyl groups is 1. The fraction of sp³-hybridized carbons (Fsp3) is 0.773. The maximum absolute atomic E-state index is 12.9. The summed E-state index contributed by atoms with van der Waals surface area (Å²) in [6.07, 6.45) is 7.92. The molecule has 0 aromatic carbocycles. The molecule has 1 atom stereocenters. The fourth-order valence-electron chi connectivity index (χ4n) is 4.95. The Bertz CT molecular complexity index is 684. The summed E-state index contributed by atoms with van der Waals surface area (Å²) in [5.74, 6) is 3.52. The molecule has 3 saturated heterocycles. The highest BCUT2D eigenvalue weighted by Gasteiger charge is 2.31. The van der Waals surface area contributed by atoms with Gasteiger partial charge in [-0.25, -0.2) is 9.97 Å². The number of likely N-dealkylation sites (tertiary alicyclic amines) is 1. The Morgan fingerprint density at radius 2 is 1.69 bits per heavy atom. The summed E-state index contributed by atoms with van der Waals surface area (Å²) in [4.78, 5) is 28.5. The third-order valence-electron chi connectivity index (χ3n) is 7.00. The van der Waals surface area contributed by atoms with Crippen LogP contribution in [0.1, 0.15) is 45.4 Å². The van der Waals surface area contributed by atoms with E-state index in [0.29, 0.717) is 11.8 Å². The van der Waals surface area contributed by atoms with Crippen molar-refractivity contribution in [1.29, 1.82) is 0 Å². The van der Waals surface area contributed by atoms with Crippen LogP contribution in [0.4, 0.5) is 11.6 Å². The van der Waals surface area contributed by atoms with E-state index in [4.69, 9.17) is 0 Å². The van der Waals surface area contributed by atoms with Crippen molar-refractivity contribution in [3.63, 3.8) is 0 Å². The first-order valence-electron chi connectivity index (χ1n) is 11.4. The third kappa shape index (κ3) is 4.82. The molecule has 0 spiro atoms. The average Bonchev–Trinajstić information content (AvgIpc) is 2.79. The first-order chi connectivity index (χ1) is 14.1. The number of aliphatic hydroxyl groups excluding tert-OH is 1. The van der Waals surface area contributed by atoms with Gasteiger partial charge in [-0.05, 0) is 50.4 Å². The number of rotatable bonds is 4. The van der Waals surface area contributed by atoms with Crippen LogP contribution in [0.15, 0.2) is 12.4 Å². The number of carbonyl (C=O) groups is 1. The van der Waals surface area contributed by atoms with Crippen LogP contribution in [0.25, 0.3) is 0 Å². The summed E-state index contributed by atoms with van der Waals surface area (Å²) in [7, 11) is 0. The Labute approximate surface area is 174 Å². The van der Waals surface area contributed by atoms with Crippen LogP contribution in [-0.4, -0.2) is 71.8 Å². The van der Waals surface area contributed by atoms with Crippen molar-refractivity contribution in [2.24, 2.45) is 17.8 Å². The van der Waals surface area contributed by atoms with Gasteiger partial charge in [0.15, 0.2) is 0 Å². The average molecular weight is 402 g/mol. The molecule has 1 aromatic heterocycles. The molecular weight excluding hydrogens is 366 g/mol. The van der Waals surface area contributed by atoms with Crippen LogP contribution in [0, 0.1) is 17.8 Å². The third-order valence-corrected chi connectivity index (χ3v) is 7.00. The molecule has 7 heteroatoms. The number of aromatic nitrogens is 2. The van der Waals surface area contributed by atoms with E-state index in [1.54, 1.807) is 6.33 Å². The van der Waals surface area contributed by atoms with Crippen molar-refractivity contribution in [3.8, 4) is 0 Å². The van der Waals surface area contributed by atoms with Gasteiger partial charge in [-0.2, -0.15) is 0 Å². The van der Waals surface area contributed by atoms with Crippen molar-refractivity contribution < 1.29 is 9.90 Å². The second-order valence-electron chi connectivity index (χ2n) is 9.14. The maximum Gasteiger partial charge on any atom is 0.225 e. The van der Waals surface area contributed by atoms with Gasteiger partial charge in [0.1, 0.15) is 18.0 Å². The smallest absolute Gasteiger partial charge is 0.225 e. The largest absolute Gasteiger partial charge is 0.396 e. The molecule has 1 N–H and O–H groups in total. The Balaban J connectivity index is 1.33. The quantitative estimate of drug-likeness (QED) is 0.834. The van der Waals surface area contributed by atoms with E-state index in [-0.39, 0.29) is 12.5 Å². The Morgan fingerprint density at radius 3 is 2.38 bits per heavy atom. The van der Waals surface area contributed by atoms with Crippen LogP contribution in [-0.2, 0) is 4.79 Å². The minimum atomic E-state index is 0.161. The van der Waals surface area contributed by atoms with E-state index < -0.39 is 0 Å². The Hall–Kier alpha value is -1.89. The lowest BCUT2D eigenvalue weighted by molar-refractivity contribution is -0.137. The number of carbonyl (C=O) groups excluding carboxylic acids is 1. The molecule has 3 aliphatic heterocycles. The van der Waals surface area contributed by atoms with E-state index >= 15 is 0 Å². The van der Waals surface area contributed by atoms with Crippen molar-refractivity contribution in [2.75, 3.05) is 55.7 Å². The fourth-order valence-corrected chi connectivity index (χ4v) is 4.95.